The number of alkyl halides is 3. The fourth-order valence-corrected chi connectivity index (χ4v) is 3.11. The van der Waals surface area contributed by atoms with Crippen LogP contribution in [0, 0.1) is 5.92 Å². The first-order valence-corrected chi connectivity index (χ1v) is 10.4. The highest BCUT2D eigenvalue weighted by Gasteiger charge is 2.33. The van der Waals surface area contributed by atoms with Crippen LogP contribution in [0.3, 0.4) is 0 Å². The normalized spacial score (nSPS) is 11.7. The van der Waals surface area contributed by atoms with Crippen molar-refractivity contribution in [2.45, 2.75) is 39.9 Å². The van der Waals surface area contributed by atoms with Gasteiger partial charge in [-0.1, -0.05) is 19.9 Å². The zero-order chi connectivity index (χ0) is 24.2. The van der Waals surface area contributed by atoms with Gasteiger partial charge in [0.15, 0.2) is 5.78 Å². The van der Waals surface area contributed by atoms with Crippen LogP contribution in [0.2, 0.25) is 0 Å². The highest BCUT2D eigenvalue weighted by molar-refractivity contribution is 5.97. The Bertz CT molecular complexity index is 1160. The molecule has 0 aliphatic rings. The molecule has 0 atom stereocenters. The fourth-order valence-electron chi connectivity index (χ4n) is 3.11. The maximum atomic E-state index is 13.0. The zero-order valence-corrected chi connectivity index (χ0v) is 18.5. The Labute approximate surface area is 188 Å². The largest absolute Gasteiger partial charge is 0.493 e. The molecule has 0 saturated carbocycles. The average Bonchev–Trinajstić information content (AvgIpc) is 3.12. The number of fused-ring (bicyclic) bond motifs is 1. The second kappa shape index (κ2) is 10.0. The molecule has 0 spiro atoms. The van der Waals surface area contributed by atoms with Gasteiger partial charge in [-0.25, -0.2) is 4.98 Å². The quantitative estimate of drug-likeness (QED) is 0.344. The molecular formula is C23H24F3N3O4. The lowest BCUT2D eigenvalue weighted by molar-refractivity contribution is -0.144. The lowest BCUT2D eigenvalue weighted by Gasteiger charge is -2.13. The van der Waals surface area contributed by atoms with Gasteiger partial charge < -0.3 is 9.47 Å². The van der Waals surface area contributed by atoms with E-state index >= 15 is 0 Å². The van der Waals surface area contributed by atoms with Crippen LogP contribution in [-0.2, 0) is 28.7 Å². The van der Waals surface area contributed by atoms with Gasteiger partial charge in [0.1, 0.15) is 23.7 Å². The van der Waals surface area contributed by atoms with Crippen LogP contribution in [0.4, 0.5) is 13.2 Å². The van der Waals surface area contributed by atoms with E-state index in [1.807, 2.05) is 13.8 Å². The molecule has 7 nitrogen and oxygen atoms in total. The van der Waals surface area contributed by atoms with Gasteiger partial charge in [0.25, 0.3) is 0 Å². The van der Waals surface area contributed by atoms with Crippen molar-refractivity contribution in [3.63, 3.8) is 0 Å². The Morgan fingerprint density at radius 3 is 2.61 bits per heavy atom. The van der Waals surface area contributed by atoms with Crippen molar-refractivity contribution in [1.29, 1.82) is 0 Å². The Balaban J connectivity index is 1.92. The van der Waals surface area contributed by atoms with Gasteiger partial charge in [-0.3, -0.25) is 14.3 Å². The smallest absolute Gasteiger partial charge is 0.433 e. The first kappa shape index (κ1) is 24.2. The summed E-state index contributed by atoms with van der Waals surface area (Å²) in [4.78, 5) is 28.0. The summed E-state index contributed by atoms with van der Waals surface area (Å²) in [5, 5.41) is 5.00. The monoisotopic (exact) mass is 463 g/mol. The van der Waals surface area contributed by atoms with Gasteiger partial charge in [-0.2, -0.15) is 18.3 Å². The minimum atomic E-state index is -4.64. The summed E-state index contributed by atoms with van der Waals surface area (Å²) in [6.07, 6.45) is -3.22. The van der Waals surface area contributed by atoms with Crippen molar-refractivity contribution in [3.8, 4) is 5.75 Å². The van der Waals surface area contributed by atoms with Crippen molar-refractivity contribution in [1.82, 2.24) is 14.8 Å². The molecule has 3 rings (SSSR count). The summed E-state index contributed by atoms with van der Waals surface area (Å²) in [6, 6.07) is 6.56. The Hall–Kier alpha value is -3.43. The number of carbonyl (C=O) groups excluding carboxylic acids is 2. The number of benzene rings is 1. The van der Waals surface area contributed by atoms with Crippen LogP contribution >= 0.6 is 0 Å². The minimum absolute atomic E-state index is 0.0763. The van der Waals surface area contributed by atoms with Crippen LogP contribution in [0.25, 0.3) is 10.9 Å². The molecular weight excluding hydrogens is 439 g/mol. The molecule has 0 amide bonds. The summed E-state index contributed by atoms with van der Waals surface area (Å²) in [6.45, 7) is 6.18. The molecule has 2 aromatic heterocycles. The number of esters is 1. The highest BCUT2D eigenvalue weighted by atomic mass is 19.4. The van der Waals surface area contributed by atoms with E-state index in [-0.39, 0.29) is 31.2 Å². The van der Waals surface area contributed by atoms with Crippen LogP contribution in [-0.4, -0.2) is 39.7 Å². The Morgan fingerprint density at radius 2 is 1.94 bits per heavy atom. The predicted octanol–water partition coefficient (Wildman–Crippen LogP) is 4.47. The second-order valence-corrected chi connectivity index (χ2v) is 7.86. The van der Waals surface area contributed by atoms with E-state index < -0.39 is 23.6 Å². The van der Waals surface area contributed by atoms with Crippen molar-refractivity contribution < 1.29 is 32.2 Å². The number of ether oxygens (including phenoxy) is 2. The van der Waals surface area contributed by atoms with Crippen molar-refractivity contribution in [3.05, 3.63) is 53.5 Å². The number of hydrogen-bond acceptors (Lipinski definition) is 6. The van der Waals surface area contributed by atoms with Gasteiger partial charge in [0.2, 0.25) is 0 Å². The molecule has 3 aromatic rings. The predicted molar refractivity (Wildman–Crippen MR) is 114 cm³/mol. The number of Topliss-reactive ketones (excluding diaryl/α,β-unsaturated/α-hetero) is 1. The first-order chi connectivity index (χ1) is 15.6. The zero-order valence-electron chi connectivity index (χ0n) is 18.5. The SMILES string of the molecule is CCOC(=O)Cn1cc2cc(CC(=O)c3cccc(C(F)(F)F)n3)c(OCC(C)C)cc2n1. The van der Waals surface area contributed by atoms with E-state index in [2.05, 4.69) is 10.1 Å². The molecule has 2 heterocycles. The van der Waals surface area contributed by atoms with Crippen molar-refractivity contribution in [2.75, 3.05) is 13.2 Å². The summed E-state index contributed by atoms with van der Waals surface area (Å²) < 4.78 is 51.1. The molecule has 0 bridgehead atoms. The van der Waals surface area contributed by atoms with Gasteiger partial charge >= 0.3 is 12.1 Å². The number of pyridine rings is 1. The molecule has 176 valence electrons. The molecule has 1 aromatic carbocycles. The molecule has 0 fully saturated rings. The van der Waals surface area contributed by atoms with Crippen LogP contribution in [0.1, 0.15) is 42.5 Å². The summed E-state index contributed by atoms with van der Waals surface area (Å²) in [5.74, 6) is -0.407. The third kappa shape index (κ3) is 6.30. The van der Waals surface area contributed by atoms with E-state index in [4.69, 9.17) is 9.47 Å². The maximum Gasteiger partial charge on any atom is 0.433 e. The number of rotatable bonds is 9. The number of hydrogen-bond donors (Lipinski definition) is 0. The Kier molecular flexibility index (Phi) is 7.35. The second-order valence-electron chi connectivity index (χ2n) is 7.86. The number of nitrogens with zero attached hydrogens (tertiary/aromatic N) is 3. The molecule has 0 N–H and O–H groups in total. The van der Waals surface area contributed by atoms with E-state index in [1.54, 1.807) is 25.3 Å². The summed E-state index contributed by atoms with van der Waals surface area (Å²) in [7, 11) is 0. The van der Waals surface area contributed by atoms with E-state index in [0.717, 1.165) is 12.1 Å². The Morgan fingerprint density at radius 1 is 1.18 bits per heavy atom. The third-order valence-corrected chi connectivity index (χ3v) is 4.58. The molecule has 33 heavy (non-hydrogen) atoms. The van der Waals surface area contributed by atoms with Crippen molar-refractivity contribution in [2.24, 2.45) is 5.92 Å². The van der Waals surface area contributed by atoms with Gasteiger partial charge in [-0.15, -0.1) is 0 Å². The third-order valence-electron chi connectivity index (χ3n) is 4.58. The van der Waals surface area contributed by atoms with Crippen molar-refractivity contribution >= 4 is 22.7 Å². The average molecular weight is 463 g/mol. The molecule has 0 saturated heterocycles. The standard InChI is InChI=1S/C23H24F3N3O4/c1-4-32-22(31)12-29-11-16-8-15(20(10-18(16)28-29)33-13-14(2)3)9-19(30)17-6-5-7-21(27-17)23(24,25)26/h5-8,10-11,14H,4,9,12-13H2,1-3H3. The highest BCUT2D eigenvalue weighted by Crippen LogP contribution is 2.29. The van der Waals surface area contributed by atoms with E-state index in [0.29, 0.717) is 28.8 Å². The van der Waals surface area contributed by atoms with Crippen LogP contribution in [0.15, 0.2) is 36.5 Å². The van der Waals surface area contributed by atoms with Gasteiger partial charge in [-0.05, 0) is 31.0 Å². The van der Waals surface area contributed by atoms with Gasteiger partial charge in [0.05, 0.1) is 18.7 Å². The topological polar surface area (TPSA) is 83.3 Å². The lowest BCUT2D eigenvalue weighted by atomic mass is 10.0. The van der Waals surface area contributed by atoms with E-state index in [1.165, 1.54) is 10.7 Å². The van der Waals surface area contributed by atoms with E-state index in [9.17, 15) is 22.8 Å². The molecule has 0 radical (unpaired) electrons. The molecule has 0 aliphatic heterocycles. The maximum absolute atomic E-state index is 13.0. The number of halogens is 3. The summed E-state index contributed by atoms with van der Waals surface area (Å²) in [5.41, 5.74) is -0.368. The molecule has 10 heteroatoms. The lowest BCUT2D eigenvalue weighted by Crippen LogP contribution is -2.14. The van der Waals surface area contributed by atoms with Crippen LogP contribution in [0.5, 0.6) is 5.75 Å². The van der Waals surface area contributed by atoms with Crippen LogP contribution < -0.4 is 4.74 Å². The number of aromatic nitrogens is 3. The first-order valence-electron chi connectivity index (χ1n) is 10.4. The number of carbonyl (C=O) groups is 2. The minimum Gasteiger partial charge on any atom is -0.493 e. The fraction of sp³-hybridized carbons (Fsp3) is 0.391. The molecule has 0 aliphatic carbocycles. The van der Waals surface area contributed by atoms with Gasteiger partial charge in [0, 0.05) is 29.6 Å². The number of ketones is 1. The summed E-state index contributed by atoms with van der Waals surface area (Å²) >= 11 is 0. The molecule has 0 unspecified atom stereocenters.